The fraction of sp³-hybridized carbons (Fsp3) is 0.769. The van der Waals surface area contributed by atoms with E-state index in [-0.39, 0.29) is 11.9 Å². The van der Waals surface area contributed by atoms with Crippen molar-refractivity contribution >= 4 is 17.7 Å². The summed E-state index contributed by atoms with van der Waals surface area (Å²) in [5.41, 5.74) is 4.88. The molecule has 0 saturated carbocycles. The molecule has 3 N–H and O–H groups in total. The molecular weight excluding hydrogens is 274 g/mol. The van der Waals surface area contributed by atoms with Gasteiger partial charge in [-0.1, -0.05) is 18.2 Å². The van der Waals surface area contributed by atoms with Crippen molar-refractivity contribution in [2.24, 2.45) is 12.8 Å². The molecule has 1 heterocycles. The minimum atomic E-state index is -0.621. The summed E-state index contributed by atoms with van der Waals surface area (Å²) < 4.78 is 1.90. The zero-order valence-electron chi connectivity index (χ0n) is 12.7. The number of aryl methyl sites for hydroxylation is 1. The van der Waals surface area contributed by atoms with E-state index in [0.717, 1.165) is 30.2 Å². The molecule has 0 aliphatic rings. The Balaban J connectivity index is 2.31. The van der Waals surface area contributed by atoms with E-state index in [1.165, 1.54) is 0 Å². The van der Waals surface area contributed by atoms with Gasteiger partial charge in [0, 0.05) is 18.8 Å². The number of carbonyl (C=O) groups excluding carboxylic acids is 1. The lowest BCUT2D eigenvalue weighted by Gasteiger charge is -2.29. The van der Waals surface area contributed by atoms with Crippen molar-refractivity contribution in [3.63, 3.8) is 0 Å². The van der Waals surface area contributed by atoms with Gasteiger partial charge in [-0.15, -0.1) is 10.2 Å². The van der Waals surface area contributed by atoms with E-state index >= 15 is 0 Å². The number of hydrogen-bond acceptors (Lipinski definition) is 5. The van der Waals surface area contributed by atoms with E-state index in [4.69, 9.17) is 5.73 Å². The second-order valence-electron chi connectivity index (χ2n) is 5.53. The smallest absolute Gasteiger partial charge is 0.237 e. The van der Waals surface area contributed by atoms with Crippen molar-refractivity contribution in [2.45, 2.75) is 56.8 Å². The average Bonchev–Trinajstić information content (AvgIpc) is 2.73. The van der Waals surface area contributed by atoms with Gasteiger partial charge in [0.2, 0.25) is 5.91 Å². The van der Waals surface area contributed by atoms with Crippen molar-refractivity contribution in [1.82, 2.24) is 20.1 Å². The first kappa shape index (κ1) is 17.0. The SMILES string of the molecule is CC(C)NC(C)(CCCCSc1nncn1C)C(N)=O. The summed E-state index contributed by atoms with van der Waals surface area (Å²) in [4.78, 5) is 11.6. The lowest BCUT2D eigenvalue weighted by atomic mass is 9.93. The quantitative estimate of drug-likeness (QED) is 0.530. The minimum absolute atomic E-state index is 0.237. The van der Waals surface area contributed by atoms with Crippen LogP contribution in [0.5, 0.6) is 0 Å². The third kappa shape index (κ3) is 5.13. The summed E-state index contributed by atoms with van der Waals surface area (Å²) in [6.07, 6.45) is 4.41. The Morgan fingerprint density at radius 1 is 1.55 bits per heavy atom. The first-order valence-electron chi connectivity index (χ1n) is 6.89. The average molecular weight is 299 g/mol. The maximum absolute atomic E-state index is 11.6. The third-order valence-corrected chi connectivity index (χ3v) is 4.24. The zero-order valence-corrected chi connectivity index (χ0v) is 13.5. The third-order valence-electron chi connectivity index (χ3n) is 3.12. The Hall–Kier alpha value is -1.08. The van der Waals surface area contributed by atoms with Gasteiger partial charge in [-0.3, -0.25) is 4.79 Å². The van der Waals surface area contributed by atoms with E-state index in [0.29, 0.717) is 0 Å². The highest BCUT2D eigenvalue weighted by molar-refractivity contribution is 7.99. The molecule has 1 amide bonds. The summed E-state index contributed by atoms with van der Waals surface area (Å²) in [5.74, 6) is 0.676. The molecule has 0 bridgehead atoms. The minimum Gasteiger partial charge on any atom is -0.368 e. The highest BCUT2D eigenvalue weighted by atomic mass is 32.2. The van der Waals surface area contributed by atoms with Crippen LogP contribution in [0, 0.1) is 0 Å². The van der Waals surface area contributed by atoms with Crippen molar-refractivity contribution in [3.05, 3.63) is 6.33 Å². The molecule has 0 saturated heterocycles. The van der Waals surface area contributed by atoms with Crippen LogP contribution in [0.1, 0.15) is 40.0 Å². The molecule has 1 rings (SSSR count). The van der Waals surface area contributed by atoms with Gasteiger partial charge in [0.15, 0.2) is 5.16 Å². The number of nitrogens with one attached hydrogen (secondary N) is 1. The molecule has 1 atom stereocenters. The molecule has 1 aromatic heterocycles. The van der Waals surface area contributed by atoms with Gasteiger partial charge >= 0.3 is 0 Å². The molecular formula is C13H25N5OS. The molecule has 1 aromatic rings. The van der Waals surface area contributed by atoms with Crippen LogP contribution < -0.4 is 11.1 Å². The van der Waals surface area contributed by atoms with Crippen molar-refractivity contribution in [3.8, 4) is 0 Å². The fourth-order valence-electron chi connectivity index (χ4n) is 2.05. The predicted octanol–water partition coefficient (Wildman–Crippen LogP) is 1.32. The molecule has 0 fully saturated rings. The molecule has 0 aliphatic heterocycles. The molecule has 7 heteroatoms. The second kappa shape index (κ2) is 7.64. The fourth-order valence-corrected chi connectivity index (χ4v) is 2.94. The Bertz CT molecular complexity index is 434. The first-order chi connectivity index (χ1) is 9.35. The van der Waals surface area contributed by atoms with Crippen LogP contribution in [0.2, 0.25) is 0 Å². The van der Waals surface area contributed by atoms with Crippen LogP contribution >= 0.6 is 11.8 Å². The van der Waals surface area contributed by atoms with Crippen LogP contribution in [0.3, 0.4) is 0 Å². The van der Waals surface area contributed by atoms with E-state index in [1.54, 1.807) is 18.1 Å². The van der Waals surface area contributed by atoms with Gasteiger partial charge in [0.05, 0.1) is 5.54 Å². The van der Waals surface area contributed by atoms with Crippen molar-refractivity contribution in [1.29, 1.82) is 0 Å². The monoisotopic (exact) mass is 299 g/mol. The molecule has 0 radical (unpaired) electrons. The lowest BCUT2D eigenvalue weighted by molar-refractivity contribution is -0.124. The van der Waals surface area contributed by atoms with Crippen molar-refractivity contribution in [2.75, 3.05) is 5.75 Å². The summed E-state index contributed by atoms with van der Waals surface area (Å²) in [6, 6.07) is 0.237. The molecule has 0 aliphatic carbocycles. The Morgan fingerprint density at radius 3 is 2.75 bits per heavy atom. The largest absolute Gasteiger partial charge is 0.368 e. The number of rotatable bonds is 9. The summed E-state index contributed by atoms with van der Waals surface area (Å²) >= 11 is 1.68. The Labute approximate surface area is 124 Å². The van der Waals surface area contributed by atoms with Gasteiger partial charge in [0.25, 0.3) is 0 Å². The lowest BCUT2D eigenvalue weighted by Crippen LogP contribution is -2.55. The van der Waals surface area contributed by atoms with Gasteiger partial charge in [-0.05, 0) is 33.6 Å². The maximum Gasteiger partial charge on any atom is 0.237 e. The topological polar surface area (TPSA) is 85.8 Å². The number of nitrogens with zero attached hydrogens (tertiary/aromatic N) is 3. The van der Waals surface area contributed by atoms with Crippen LogP contribution in [-0.2, 0) is 11.8 Å². The van der Waals surface area contributed by atoms with Crippen molar-refractivity contribution < 1.29 is 4.79 Å². The molecule has 6 nitrogen and oxygen atoms in total. The number of hydrogen-bond donors (Lipinski definition) is 2. The highest BCUT2D eigenvalue weighted by Gasteiger charge is 2.30. The van der Waals surface area contributed by atoms with Gasteiger partial charge < -0.3 is 15.6 Å². The van der Waals surface area contributed by atoms with Crippen LogP contribution in [0.25, 0.3) is 0 Å². The predicted molar refractivity (Wildman–Crippen MR) is 81.4 cm³/mol. The number of primary amides is 1. The number of thioether (sulfide) groups is 1. The summed E-state index contributed by atoms with van der Waals surface area (Å²) in [5, 5.41) is 12.0. The molecule has 20 heavy (non-hydrogen) atoms. The summed E-state index contributed by atoms with van der Waals surface area (Å²) in [7, 11) is 1.93. The van der Waals surface area contributed by atoms with Gasteiger partial charge in [-0.25, -0.2) is 0 Å². The van der Waals surface area contributed by atoms with E-state index in [9.17, 15) is 4.79 Å². The van der Waals surface area contributed by atoms with Crippen LogP contribution in [0.15, 0.2) is 11.5 Å². The van der Waals surface area contributed by atoms with E-state index < -0.39 is 5.54 Å². The van der Waals surface area contributed by atoms with Crippen LogP contribution in [-0.4, -0.2) is 38.0 Å². The standard InChI is InChI=1S/C13H25N5OS/c1-10(2)16-13(3,11(14)19)7-5-6-8-20-12-17-15-9-18(12)4/h9-10,16H,5-8H2,1-4H3,(H2,14,19). The van der Waals surface area contributed by atoms with Crippen LogP contribution in [0.4, 0.5) is 0 Å². The maximum atomic E-state index is 11.6. The highest BCUT2D eigenvalue weighted by Crippen LogP contribution is 2.19. The normalized spacial score (nSPS) is 14.4. The van der Waals surface area contributed by atoms with E-state index in [2.05, 4.69) is 15.5 Å². The number of unbranched alkanes of at least 4 members (excludes halogenated alkanes) is 1. The Morgan fingerprint density at radius 2 is 2.25 bits per heavy atom. The second-order valence-corrected chi connectivity index (χ2v) is 6.59. The number of amides is 1. The zero-order chi connectivity index (χ0) is 15.2. The molecule has 0 aromatic carbocycles. The molecule has 1 unspecified atom stereocenters. The van der Waals surface area contributed by atoms with E-state index in [1.807, 2.05) is 32.4 Å². The number of carbonyl (C=O) groups is 1. The summed E-state index contributed by atoms with van der Waals surface area (Å²) in [6.45, 7) is 5.92. The van der Waals surface area contributed by atoms with Gasteiger partial charge in [0.1, 0.15) is 6.33 Å². The number of nitrogens with two attached hydrogens (primary N) is 1. The Kier molecular flexibility index (Phi) is 6.48. The molecule has 114 valence electrons. The first-order valence-corrected chi connectivity index (χ1v) is 7.88. The van der Waals surface area contributed by atoms with Gasteiger partial charge in [-0.2, -0.15) is 0 Å². The number of aromatic nitrogens is 3. The molecule has 0 spiro atoms.